The zero-order valence-corrected chi connectivity index (χ0v) is 15.6. The fraction of sp³-hybridized carbons (Fsp3) is 0.105. The highest BCUT2D eigenvalue weighted by Crippen LogP contribution is 2.22. The van der Waals surface area contributed by atoms with Crippen LogP contribution in [0.3, 0.4) is 0 Å². The van der Waals surface area contributed by atoms with Gasteiger partial charge < -0.3 is 4.98 Å². The molecule has 130 valence electrons. The van der Waals surface area contributed by atoms with Gasteiger partial charge in [0, 0.05) is 21.1 Å². The number of benzene rings is 2. The third-order valence-electron chi connectivity index (χ3n) is 4.14. The predicted octanol–water partition coefficient (Wildman–Crippen LogP) is 4.13. The summed E-state index contributed by atoms with van der Waals surface area (Å²) in [5, 5.41) is 8.01. The van der Waals surface area contributed by atoms with Gasteiger partial charge in [-0.05, 0) is 30.7 Å². The van der Waals surface area contributed by atoms with E-state index in [1.54, 1.807) is 11.0 Å². The quantitative estimate of drug-likeness (QED) is 0.531. The number of H-pyrrole nitrogens is 1. The van der Waals surface area contributed by atoms with E-state index in [0.29, 0.717) is 12.1 Å². The van der Waals surface area contributed by atoms with Crippen LogP contribution < -0.4 is 5.32 Å². The molecule has 0 aliphatic rings. The van der Waals surface area contributed by atoms with Crippen LogP contribution in [-0.4, -0.2) is 25.7 Å². The molecule has 2 aromatic heterocycles. The third-order valence-corrected chi connectivity index (χ3v) is 4.67. The summed E-state index contributed by atoms with van der Waals surface area (Å²) in [6.45, 7) is 2.47. The monoisotopic (exact) mass is 409 g/mol. The number of nitrogens with zero attached hydrogens (tertiary/aromatic N) is 3. The van der Waals surface area contributed by atoms with Gasteiger partial charge >= 0.3 is 0 Å². The van der Waals surface area contributed by atoms with Gasteiger partial charge in [-0.2, -0.15) is 0 Å². The predicted molar refractivity (Wildman–Crippen MR) is 104 cm³/mol. The largest absolute Gasteiger partial charge is 0.358 e. The van der Waals surface area contributed by atoms with Gasteiger partial charge in [0.1, 0.15) is 6.33 Å². The van der Waals surface area contributed by atoms with E-state index in [9.17, 15) is 4.79 Å². The maximum absolute atomic E-state index is 12.7. The summed E-state index contributed by atoms with van der Waals surface area (Å²) in [5.41, 5.74) is 3.47. The maximum Gasteiger partial charge on any atom is 0.260 e. The standard InChI is InChI=1S/C19H16BrN5O/c1-12-17(15-4-2-3-5-16(15)22-12)18(26)23-19-21-11-25(24-19)10-13-6-8-14(20)9-7-13/h2-9,11,22H,10H2,1H3,(H,23,24,26). The third kappa shape index (κ3) is 3.25. The molecule has 0 saturated heterocycles. The van der Waals surface area contributed by atoms with Crippen LogP contribution in [0.5, 0.6) is 0 Å². The van der Waals surface area contributed by atoms with Gasteiger partial charge in [-0.1, -0.05) is 46.3 Å². The van der Waals surface area contributed by atoms with Crippen molar-refractivity contribution < 1.29 is 4.79 Å². The molecule has 0 unspecified atom stereocenters. The molecule has 2 heterocycles. The van der Waals surface area contributed by atoms with Gasteiger partial charge in [0.25, 0.3) is 5.91 Å². The molecule has 6 nitrogen and oxygen atoms in total. The van der Waals surface area contributed by atoms with Crippen molar-refractivity contribution in [1.82, 2.24) is 19.7 Å². The maximum atomic E-state index is 12.7. The Labute approximate surface area is 158 Å². The number of rotatable bonds is 4. The lowest BCUT2D eigenvalue weighted by atomic mass is 10.1. The van der Waals surface area contributed by atoms with Crippen LogP contribution >= 0.6 is 15.9 Å². The SMILES string of the molecule is Cc1[nH]c2ccccc2c1C(=O)Nc1ncn(Cc2ccc(Br)cc2)n1. The molecule has 7 heteroatoms. The molecule has 0 saturated carbocycles. The highest BCUT2D eigenvalue weighted by molar-refractivity contribution is 9.10. The molecule has 0 aliphatic carbocycles. The molecule has 1 amide bonds. The summed E-state index contributed by atoms with van der Waals surface area (Å²) in [6, 6.07) is 15.7. The van der Waals surface area contributed by atoms with Crippen LogP contribution in [0, 0.1) is 6.92 Å². The molecular weight excluding hydrogens is 394 g/mol. The van der Waals surface area contributed by atoms with Crippen LogP contribution in [0.1, 0.15) is 21.6 Å². The summed E-state index contributed by atoms with van der Waals surface area (Å²) >= 11 is 3.42. The van der Waals surface area contributed by atoms with Gasteiger partial charge in [0.05, 0.1) is 12.1 Å². The van der Waals surface area contributed by atoms with E-state index in [1.165, 1.54) is 0 Å². The zero-order chi connectivity index (χ0) is 18.1. The Bertz CT molecular complexity index is 1080. The van der Waals surface area contributed by atoms with Crippen molar-refractivity contribution in [2.24, 2.45) is 0 Å². The molecule has 0 bridgehead atoms. The first-order valence-corrected chi connectivity index (χ1v) is 8.92. The lowest BCUT2D eigenvalue weighted by Crippen LogP contribution is -2.14. The number of aryl methyl sites for hydroxylation is 1. The summed E-state index contributed by atoms with van der Waals surface area (Å²) in [4.78, 5) is 20.1. The Morgan fingerprint density at radius 3 is 2.77 bits per heavy atom. The highest BCUT2D eigenvalue weighted by atomic mass is 79.9. The van der Waals surface area contributed by atoms with E-state index in [4.69, 9.17) is 0 Å². The van der Waals surface area contributed by atoms with Crippen molar-refractivity contribution in [3.8, 4) is 0 Å². The number of anilines is 1. The van der Waals surface area contributed by atoms with Crippen LogP contribution in [-0.2, 0) is 6.54 Å². The van der Waals surface area contributed by atoms with E-state index in [0.717, 1.165) is 26.6 Å². The Morgan fingerprint density at radius 2 is 1.96 bits per heavy atom. The summed E-state index contributed by atoms with van der Waals surface area (Å²) in [5.74, 6) is 0.0677. The lowest BCUT2D eigenvalue weighted by molar-refractivity contribution is 0.102. The van der Waals surface area contributed by atoms with E-state index >= 15 is 0 Å². The normalized spacial score (nSPS) is 11.0. The second-order valence-corrected chi connectivity index (χ2v) is 6.93. The van der Waals surface area contributed by atoms with Crippen molar-refractivity contribution in [1.29, 1.82) is 0 Å². The minimum Gasteiger partial charge on any atom is -0.358 e. The fourth-order valence-corrected chi connectivity index (χ4v) is 3.20. The molecule has 2 N–H and O–H groups in total. The molecule has 0 radical (unpaired) electrons. The van der Waals surface area contributed by atoms with E-state index in [1.807, 2.05) is 55.5 Å². The smallest absolute Gasteiger partial charge is 0.260 e. The number of fused-ring (bicyclic) bond motifs is 1. The van der Waals surface area contributed by atoms with Crippen LogP contribution in [0.2, 0.25) is 0 Å². The number of aromatic amines is 1. The van der Waals surface area contributed by atoms with E-state index in [-0.39, 0.29) is 11.9 Å². The Hall–Kier alpha value is -2.93. The first-order valence-electron chi connectivity index (χ1n) is 8.13. The number of amides is 1. The first-order chi connectivity index (χ1) is 12.6. The van der Waals surface area contributed by atoms with Crippen molar-refractivity contribution in [3.63, 3.8) is 0 Å². The van der Waals surface area contributed by atoms with E-state index < -0.39 is 0 Å². The second kappa shape index (κ2) is 6.76. The Balaban J connectivity index is 1.52. The number of aromatic nitrogens is 4. The summed E-state index contributed by atoms with van der Waals surface area (Å²) < 4.78 is 2.72. The molecule has 0 atom stereocenters. The number of nitrogens with one attached hydrogen (secondary N) is 2. The molecule has 0 spiro atoms. The molecule has 0 aliphatic heterocycles. The second-order valence-electron chi connectivity index (χ2n) is 6.02. The minimum absolute atomic E-state index is 0.221. The first kappa shape index (κ1) is 16.5. The number of halogens is 1. The van der Waals surface area contributed by atoms with E-state index in [2.05, 4.69) is 36.3 Å². The van der Waals surface area contributed by atoms with Crippen LogP contribution in [0.25, 0.3) is 10.9 Å². The Morgan fingerprint density at radius 1 is 1.19 bits per heavy atom. The topological polar surface area (TPSA) is 75.6 Å². The number of para-hydroxylation sites is 1. The van der Waals surface area contributed by atoms with Gasteiger partial charge in [0.2, 0.25) is 5.95 Å². The molecule has 2 aromatic carbocycles. The highest BCUT2D eigenvalue weighted by Gasteiger charge is 2.17. The average molecular weight is 410 g/mol. The van der Waals surface area contributed by atoms with Gasteiger partial charge in [-0.3, -0.25) is 10.1 Å². The van der Waals surface area contributed by atoms with Gasteiger partial charge in [-0.25, -0.2) is 9.67 Å². The Kier molecular flexibility index (Phi) is 4.30. The number of hydrogen-bond acceptors (Lipinski definition) is 3. The minimum atomic E-state index is -0.221. The average Bonchev–Trinajstić information content (AvgIpc) is 3.19. The fourth-order valence-electron chi connectivity index (χ4n) is 2.94. The molecular formula is C19H16BrN5O. The van der Waals surface area contributed by atoms with Crippen molar-refractivity contribution >= 4 is 38.7 Å². The van der Waals surface area contributed by atoms with Crippen molar-refractivity contribution in [2.75, 3.05) is 5.32 Å². The summed E-state index contributed by atoms with van der Waals surface area (Å²) in [6.07, 6.45) is 1.61. The summed E-state index contributed by atoms with van der Waals surface area (Å²) in [7, 11) is 0. The van der Waals surface area contributed by atoms with Crippen molar-refractivity contribution in [3.05, 3.63) is 76.2 Å². The molecule has 26 heavy (non-hydrogen) atoms. The van der Waals surface area contributed by atoms with Crippen LogP contribution in [0.4, 0.5) is 5.95 Å². The van der Waals surface area contributed by atoms with Crippen molar-refractivity contribution in [2.45, 2.75) is 13.5 Å². The zero-order valence-electron chi connectivity index (χ0n) is 14.0. The van der Waals surface area contributed by atoms with Gasteiger partial charge in [-0.15, -0.1) is 5.10 Å². The molecule has 0 fully saturated rings. The number of carbonyl (C=O) groups is 1. The lowest BCUT2D eigenvalue weighted by Gasteiger charge is -2.02. The number of hydrogen-bond donors (Lipinski definition) is 2. The van der Waals surface area contributed by atoms with Crippen LogP contribution in [0.15, 0.2) is 59.3 Å². The molecule has 4 aromatic rings. The number of carbonyl (C=O) groups excluding carboxylic acids is 1. The molecule has 4 rings (SSSR count). The van der Waals surface area contributed by atoms with Gasteiger partial charge in [0.15, 0.2) is 0 Å².